The lowest BCUT2D eigenvalue weighted by atomic mass is 9.98. The summed E-state index contributed by atoms with van der Waals surface area (Å²) in [5, 5.41) is 0. The fourth-order valence-electron chi connectivity index (χ4n) is 1.03. The van der Waals surface area contributed by atoms with Crippen LogP contribution >= 0.6 is 22.9 Å². The largest absolute Gasteiger partial charge is 0.494 e. The Morgan fingerprint density at radius 1 is 1.29 bits per heavy atom. The van der Waals surface area contributed by atoms with Gasteiger partial charge in [-0.25, -0.2) is 4.79 Å². The number of para-hydroxylation sites is 2. The van der Waals surface area contributed by atoms with E-state index in [0.29, 0.717) is 11.4 Å². The highest BCUT2D eigenvalue weighted by atomic mass is 127. The molecule has 0 amide bonds. The van der Waals surface area contributed by atoms with Gasteiger partial charge in [0.1, 0.15) is 34.3 Å². The van der Waals surface area contributed by atoms with E-state index in [9.17, 15) is 4.79 Å². The average Bonchev–Trinajstić information content (AvgIpc) is 2.27. The lowest BCUT2D eigenvalue weighted by molar-refractivity contribution is -0.151. The Balaban J connectivity index is 2.83. The van der Waals surface area contributed by atoms with Gasteiger partial charge in [0.15, 0.2) is 0 Å². The van der Waals surface area contributed by atoms with Gasteiger partial charge < -0.3 is 9.57 Å². The molecule has 17 heavy (non-hydrogen) atoms. The normalized spacial score (nSPS) is 10.9. The van der Waals surface area contributed by atoms with Gasteiger partial charge in [0.25, 0.3) is 0 Å². The highest BCUT2D eigenvalue weighted by Gasteiger charge is 2.26. The molecule has 0 fully saturated rings. The predicted octanol–water partition coefficient (Wildman–Crippen LogP) is 3.36. The van der Waals surface area contributed by atoms with Gasteiger partial charge in [0.2, 0.25) is 0 Å². The SMILES string of the molecule is COc1ccccc1N(I)OC(=O)C(C)(C)C. The highest BCUT2D eigenvalue weighted by Crippen LogP contribution is 2.31. The maximum absolute atomic E-state index is 11.7. The first kappa shape index (κ1) is 14.1. The molecular weight excluding hydrogens is 333 g/mol. The number of carbonyl (C=O) groups is 1. The van der Waals surface area contributed by atoms with Crippen LogP contribution in [-0.2, 0) is 9.63 Å². The molecule has 0 unspecified atom stereocenters. The monoisotopic (exact) mass is 349 g/mol. The van der Waals surface area contributed by atoms with E-state index < -0.39 is 5.41 Å². The number of hydrogen-bond donors (Lipinski definition) is 0. The van der Waals surface area contributed by atoms with Crippen LogP contribution in [0.25, 0.3) is 0 Å². The maximum atomic E-state index is 11.7. The van der Waals surface area contributed by atoms with Gasteiger partial charge >= 0.3 is 5.97 Å². The first-order chi connectivity index (χ1) is 7.86. The highest BCUT2D eigenvalue weighted by molar-refractivity contribution is 14.1. The van der Waals surface area contributed by atoms with Crippen LogP contribution in [0, 0.1) is 5.41 Å². The molecule has 0 spiro atoms. The Labute approximate surface area is 115 Å². The van der Waals surface area contributed by atoms with E-state index in [1.807, 2.05) is 67.9 Å². The van der Waals surface area contributed by atoms with Gasteiger partial charge in [-0.3, -0.25) is 0 Å². The summed E-state index contributed by atoms with van der Waals surface area (Å²) in [6, 6.07) is 7.35. The first-order valence-corrected chi connectivity index (χ1v) is 6.14. The molecule has 0 aromatic heterocycles. The molecule has 0 heterocycles. The van der Waals surface area contributed by atoms with Crippen LogP contribution in [0.15, 0.2) is 24.3 Å². The van der Waals surface area contributed by atoms with E-state index in [4.69, 9.17) is 9.57 Å². The average molecular weight is 349 g/mol. The number of methoxy groups -OCH3 is 1. The lowest BCUT2D eigenvalue weighted by Gasteiger charge is -2.22. The number of hydrogen-bond acceptors (Lipinski definition) is 4. The van der Waals surface area contributed by atoms with Gasteiger partial charge in [-0.15, -0.1) is 3.28 Å². The number of carbonyl (C=O) groups excluding carboxylic acids is 1. The minimum absolute atomic E-state index is 0.294. The Hall–Kier alpha value is -0.980. The van der Waals surface area contributed by atoms with Crippen LogP contribution in [0.1, 0.15) is 20.8 Å². The van der Waals surface area contributed by atoms with Crippen molar-refractivity contribution in [2.45, 2.75) is 20.8 Å². The fourth-order valence-corrected chi connectivity index (χ4v) is 1.61. The molecule has 0 saturated heterocycles. The zero-order chi connectivity index (χ0) is 13.1. The molecule has 0 saturated carbocycles. The third-order valence-corrected chi connectivity index (χ3v) is 2.77. The molecule has 1 rings (SSSR count). The third kappa shape index (κ3) is 3.76. The molecule has 1 aromatic carbocycles. The van der Waals surface area contributed by atoms with Crippen LogP contribution < -0.4 is 8.01 Å². The van der Waals surface area contributed by atoms with Crippen molar-refractivity contribution in [2.24, 2.45) is 5.41 Å². The summed E-state index contributed by atoms with van der Waals surface area (Å²) >= 11 is 1.92. The van der Waals surface area contributed by atoms with Crippen molar-refractivity contribution in [3.05, 3.63) is 24.3 Å². The zero-order valence-corrected chi connectivity index (χ0v) is 12.5. The summed E-state index contributed by atoms with van der Waals surface area (Å²) in [5.41, 5.74) is 0.166. The standard InChI is InChI=1S/C12H16INO3/c1-12(2,3)11(15)17-14(13)9-7-5-6-8-10(9)16-4/h5-8H,1-4H3. The molecule has 0 aliphatic carbocycles. The predicted molar refractivity (Wildman–Crippen MR) is 75.0 cm³/mol. The van der Waals surface area contributed by atoms with Gasteiger partial charge in [-0.1, -0.05) is 12.1 Å². The summed E-state index contributed by atoms with van der Waals surface area (Å²) in [5.74, 6) is 0.362. The molecule has 0 aliphatic rings. The van der Waals surface area contributed by atoms with E-state index in [0.717, 1.165) is 0 Å². The third-order valence-electron chi connectivity index (χ3n) is 2.05. The molecule has 4 nitrogen and oxygen atoms in total. The van der Waals surface area contributed by atoms with E-state index in [2.05, 4.69) is 0 Å². The van der Waals surface area contributed by atoms with Crippen molar-refractivity contribution in [3.8, 4) is 5.75 Å². The number of rotatable bonds is 3. The van der Waals surface area contributed by atoms with Crippen LogP contribution in [0.2, 0.25) is 0 Å². The fraction of sp³-hybridized carbons (Fsp3) is 0.417. The minimum atomic E-state index is -0.536. The molecule has 0 bridgehead atoms. The Kier molecular flexibility index (Phi) is 4.62. The summed E-state index contributed by atoms with van der Waals surface area (Å²) in [7, 11) is 1.58. The molecule has 5 heteroatoms. The summed E-state index contributed by atoms with van der Waals surface area (Å²) in [4.78, 5) is 17.0. The Morgan fingerprint density at radius 3 is 2.41 bits per heavy atom. The Bertz CT molecular complexity index is 401. The van der Waals surface area contributed by atoms with Crippen LogP contribution in [0.3, 0.4) is 0 Å². The van der Waals surface area contributed by atoms with Gasteiger partial charge in [-0.05, 0) is 32.9 Å². The summed E-state index contributed by atoms with van der Waals surface area (Å²) in [6.07, 6.45) is 0. The summed E-state index contributed by atoms with van der Waals surface area (Å²) < 4.78 is 6.59. The van der Waals surface area contributed by atoms with Crippen LogP contribution in [0.4, 0.5) is 5.69 Å². The molecule has 1 aromatic rings. The number of anilines is 1. The second kappa shape index (κ2) is 5.57. The number of halogens is 1. The van der Waals surface area contributed by atoms with Crippen molar-refractivity contribution in [1.82, 2.24) is 0 Å². The molecular formula is C12H16INO3. The number of ether oxygens (including phenoxy) is 1. The smallest absolute Gasteiger partial charge is 0.338 e. The van der Waals surface area contributed by atoms with Crippen molar-refractivity contribution < 1.29 is 14.4 Å². The van der Waals surface area contributed by atoms with E-state index in [1.165, 1.54) is 3.28 Å². The maximum Gasteiger partial charge on any atom is 0.338 e. The number of benzene rings is 1. The van der Waals surface area contributed by atoms with E-state index in [-0.39, 0.29) is 5.97 Å². The van der Waals surface area contributed by atoms with Crippen molar-refractivity contribution in [1.29, 1.82) is 0 Å². The molecule has 0 aliphatic heterocycles. The first-order valence-electron chi connectivity index (χ1n) is 5.17. The molecule has 0 atom stereocenters. The lowest BCUT2D eigenvalue weighted by Crippen LogP contribution is -2.28. The van der Waals surface area contributed by atoms with Crippen molar-refractivity contribution in [3.63, 3.8) is 0 Å². The van der Waals surface area contributed by atoms with Gasteiger partial charge in [0, 0.05) is 0 Å². The second-order valence-corrected chi connectivity index (χ2v) is 5.42. The number of nitrogens with zero attached hydrogens (tertiary/aromatic N) is 1. The van der Waals surface area contributed by atoms with Crippen LogP contribution in [0.5, 0.6) is 5.75 Å². The summed E-state index contributed by atoms with van der Waals surface area (Å²) in [6.45, 7) is 5.42. The van der Waals surface area contributed by atoms with Gasteiger partial charge in [-0.2, -0.15) is 0 Å². The van der Waals surface area contributed by atoms with Crippen LogP contribution in [-0.4, -0.2) is 13.1 Å². The second-order valence-electron chi connectivity index (χ2n) is 4.55. The minimum Gasteiger partial charge on any atom is -0.494 e. The van der Waals surface area contributed by atoms with E-state index in [1.54, 1.807) is 7.11 Å². The molecule has 0 radical (unpaired) electrons. The van der Waals surface area contributed by atoms with Gasteiger partial charge in [0.05, 0.1) is 12.5 Å². The molecule has 94 valence electrons. The van der Waals surface area contributed by atoms with E-state index >= 15 is 0 Å². The van der Waals surface area contributed by atoms with Crippen molar-refractivity contribution >= 4 is 34.5 Å². The molecule has 0 N–H and O–H groups in total. The van der Waals surface area contributed by atoms with Crippen molar-refractivity contribution in [2.75, 3.05) is 10.4 Å². The topological polar surface area (TPSA) is 38.8 Å². The quantitative estimate of drug-likeness (QED) is 0.477. The Morgan fingerprint density at radius 2 is 1.88 bits per heavy atom. The zero-order valence-electron chi connectivity index (χ0n) is 10.4.